The smallest absolute Gasteiger partial charge is 0.246 e. The first-order valence-electron chi connectivity index (χ1n) is 4.74. The van der Waals surface area contributed by atoms with E-state index < -0.39 is 6.10 Å². The number of methoxy groups -OCH3 is 1. The standard InChI is InChI=1S/C9H17NO4/c1-14-5-9(13)10-7-2-6(4-11)8(12)3-7/h6-8,11-12H,2-5H2,1H3,(H,10,13)/t6-,7+,8+/m1/s1. The van der Waals surface area contributed by atoms with Crippen LogP contribution < -0.4 is 5.32 Å². The van der Waals surface area contributed by atoms with Gasteiger partial charge in [0.15, 0.2) is 0 Å². The molecule has 3 atom stereocenters. The number of ether oxygens (including phenoxy) is 1. The summed E-state index contributed by atoms with van der Waals surface area (Å²) in [5.41, 5.74) is 0. The van der Waals surface area contributed by atoms with Crippen LogP contribution in [0.5, 0.6) is 0 Å². The van der Waals surface area contributed by atoms with Crippen LogP contribution in [-0.2, 0) is 9.53 Å². The molecular formula is C9H17NO4. The monoisotopic (exact) mass is 203 g/mol. The molecule has 1 aliphatic rings. The van der Waals surface area contributed by atoms with Crippen molar-refractivity contribution in [1.29, 1.82) is 0 Å². The van der Waals surface area contributed by atoms with Crippen molar-refractivity contribution in [3.05, 3.63) is 0 Å². The number of hydrogen-bond acceptors (Lipinski definition) is 4. The van der Waals surface area contributed by atoms with E-state index in [0.717, 1.165) is 0 Å². The first-order valence-corrected chi connectivity index (χ1v) is 4.74. The Morgan fingerprint density at radius 2 is 2.29 bits per heavy atom. The molecule has 14 heavy (non-hydrogen) atoms. The largest absolute Gasteiger partial charge is 0.396 e. The quantitative estimate of drug-likeness (QED) is 0.541. The van der Waals surface area contributed by atoms with Crippen LogP contribution >= 0.6 is 0 Å². The van der Waals surface area contributed by atoms with Gasteiger partial charge in [0.2, 0.25) is 5.91 Å². The zero-order valence-corrected chi connectivity index (χ0v) is 8.27. The Bertz CT molecular complexity index is 197. The summed E-state index contributed by atoms with van der Waals surface area (Å²) in [6.07, 6.45) is 0.640. The maximum atomic E-state index is 11.1. The summed E-state index contributed by atoms with van der Waals surface area (Å²) in [4.78, 5) is 11.1. The summed E-state index contributed by atoms with van der Waals surface area (Å²) in [5.74, 6) is -0.286. The highest BCUT2D eigenvalue weighted by molar-refractivity contribution is 5.77. The lowest BCUT2D eigenvalue weighted by atomic mass is 10.1. The predicted molar refractivity (Wildman–Crippen MR) is 49.6 cm³/mol. The summed E-state index contributed by atoms with van der Waals surface area (Å²) < 4.78 is 4.67. The number of carbonyl (C=O) groups is 1. The molecule has 1 amide bonds. The van der Waals surface area contributed by atoms with Crippen LogP contribution in [0.4, 0.5) is 0 Å². The van der Waals surface area contributed by atoms with E-state index in [1.54, 1.807) is 0 Å². The van der Waals surface area contributed by atoms with Gasteiger partial charge in [0, 0.05) is 25.7 Å². The van der Waals surface area contributed by atoms with Gasteiger partial charge in [-0.3, -0.25) is 4.79 Å². The zero-order valence-electron chi connectivity index (χ0n) is 8.27. The number of nitrogens with one attached hydrogen (secondary N) is 1. The average Bonchev–Trinajstić information content (AvgIpc) is 2.46. The maximum absolute atomic E-state index is 11.1. The number of amides is 1. The van der Waals surface area contributed by atoms with Gasteiger partial charge in [0.1, 0.15) is 6.61 Å². The molecule has 0 spiro atoms. The van der Waals surface area contributed by atoms with Gasteiger partial charge in [-0.05, 0) is 12.8 Å². The molecule has 0 aromatic rings. The van der Waals surface area contributed by atoms with Crippen molar-refractivity contribution in [3.63, 3.8) is 0 Å². The Kier molecular flexibility index (Phi) is 4.31. The molecule has 0 aliphatic heterocycles. The van der Waals surface area contributed by atoms with Gasteiger partial charge in [0.25, 0.3) is 0 Å². The zero-order chi connectivity index (χ0) is 10.6. The molecule has 0 bridgehead atoms. The molecule has 0 heterocycles. The van der Waals surface area contributed by atoms with E-state index in [2.05, 4.69) is 10.1 Å². The van der Waals surface area contributed by atoms with E-state index in [-0.39, 0.29) is 31.1 Å². The van der Waals surface area contributed by atoms with Crippen LogP contribution in [0.15, 0.2) is 0 Å². The first-order chi connectivity index (χ1) is 6.67. The van der Waals surface area contributed by atoms with E-state index in [1.165, 1.54) is 7.11 Å². The molecular weight excluding hydrogens is 186 g/mol. The van der Waals surface area contributed by atoms with Gasteiger partial charge in [-0.25, -0.2) is 0 Å². The lowest BCUT2D eigenvalue weighted by Crippen LogP contribution is -2.35. The minimum atomic E-state index is -0.507. The highest BCUT2D eigenvalue weighted by Gasteiger charge is 2.32. The van der Waals surface area contributed by atoms with Crippen LogP contribution in [-0.4, -0.2) is 48.6 Å². The van der Waals surface area contributed by atoms with Crippen LogP contribution in [0.3, 0.4) is 0 Å². The first kappa shape index (κ1) is 11.4. The van der Waals surface area contributed by atoms with Crippen LogP contribution in [0.2, 0.25) is 0 Å². The topological polar surface area (TPSA) is 78.8 Å². The van der Waals surface area contributed by atoms with Gasteiger partial charge in [0.05, 0.1) is 6.10 Å². The summed E-state index contributed by atoms with van der Waals surface area (Å²) >= 11 is 0. The molecule has 1 saturated carbocycles. The Labute approximate surface area is 83.1 Å². The second-order valence-electron chi connectivity index (χ2n) is 3.68. The molecule has 1 aliphatic carbocycles. The normalized spacial score (nSPS) is 31.8. The third kappa shape index (κ3) is 2.94. The van der Waals surface area contributed by atoms with Crippen molar-refractivity contribution in [2.24, 2.45) is 5.92 Å². The minimum absolute atomic E-state index is 0.0299. The van der Waals surface area contributed by atoms with Crippen molar-refractivity contribution in [2.75, 3.05) is 20.3 Å². The predicted octanol–water partition coefficient (Wildman–Crippen LogP) is -1.12. The van der Waals surface area contributed by atoms with Crippen LogP contribution in [0, 0.1) is 5.92 Å². The van der Waals surface area contributed by atoms with E-state index in [9.17, 15) is 9.90 Å². The minimum Gasteiger partial charge on any atom is -0.396 e. The molecule has 1 fully saturated rings. The molecule has 0 radical (unpaired) electrons. The van der Waals surface area contributed by atoms with Gasteiger partial charge in [-0.1, -0.05) is 0 Å². The van der Waals surface area contributed by atoms with Crippen molar-refractivity contribution >= 4 is 5.91 Å². The lowest BCUT2D eigenvalue weighted by molar-refractivity contribution is -0.125. The Hall–Kier alpha value is -0.650. The SMILES string of the molecule is COCC(=O)N[C@H]1C[C@H](CO)[C@@H](O)C1. The highest BCUT2D eigenvalue weighted by atomic mass is 16.5. The third-order valence-electron chi connectivity index (χ3n) is 2.53. The Morgan fingerprint density at radius 3 is 2.79 bits per heavy atom. The van der Waals surface area contributed by atoms with Gasteiger partial charge in [-0.15, -0.1) is 0 Å². The van der Waals surface area contributed by atoms with E-state index in [1.807, 2.05) is 0 Å². The summed E-state index contributed by atoms with van der Waals surface area (Å²) in [6, 6.07) is -0.0372. The Morgan fingerprint density at radius 1 is 1.57 bits per heavy atom. The lowest BCUT2D eigenvalue weighted by Gasteiger charge is -2.11. The van der Waals surface area contributed by atoms with Crippen LogP contribution in [0.1, 0.15) is 12.8 Å². The highest BCUT2D eigenvalue weighted by Crippen LogP contribution is 2.25. The third-order valence-corrected chi connectivity index (χ3v) is 2.53. The van der Waals surface area contributed by atoms with Gasteiger partial charge in [-0.2, -0.15) is 0 Å². The molecule has 5 nitrogen and oxygen atoms in total. The summed E-state index contributed by atoms with van der Waals surface area (Å²) in [5, 5.41) is 21.1. The van der Waals surface area contributed by atoms with Gasteiger partial charge < -0.3 is 20.3 Å². The number of carbonyl (C=O) groups excluding carboxylic acids is 1. The number of hydrogen-bond donors (Lipinski definition) is 3. The molecule has 0 unspecified atom stereocenters. The van der Waals surface area contributed by atoms with Crippen molar-refractivity contribution < 1.29 is 19.7 Å². The fourth-order valence-electron chi connectivity index (χ4n) is 1.82. The van der Waals surface area contributed by atoms with Gasteiger partial charge >= 0.3 is 0 Å². The Balaban J connectivity index is 2.31. The molecule has 1 rings (SSSR count). The van der Waals surface area contributed by atoms with Crippen molar-refractivity contribution in [1.82, 2.24) is 5.32 Å². The molecule has 0 aromatic heterocycles. The molecule has 82 valence electrons. The van der Waals surface area contributed by atoms with Crippen LogP contribution in [0.25, 0.3) is 0 Å². The number of aliphatic hydroxyl groups excluding tert-OH is 2. The number of aliphatic hydroxyl groups is 2. The van der Waals surface area contributed by atoms with E-state index in [0.29, 0.717) is 12.8 Å². The average molecular weight is 203 g/mol. The summed E-state index contributed by atoms with van der Waals surface area (Å²) in [7, 11) is 1.46. The fraction of sp³-hybridized carbons (Fsp3) is 0.889. The molecule has 0 saturated heterocycles. The second kappa shape index (κ2) is 5.29. The fourth-order valence-corrected chi connectivity index (χ4v) is 1.82. The second-order valence-corrected chi connectivity index (χ2v) is 3.68. The van der Waals surface area contributed by atoms with E-state index in [4.69, 9.17) is 5.11 Å². The maximum Gasteiger partial charge on any atom is 0.246 e. The van der Waals surface area contributed by atoms with Crippen molar-refractivity contribution in [3.8, 4) is 0 Å². The molecule has 0 aromatic carbocycles. The van der Waals surface area contributed by atoms with Crippen molar-refractivity contribution in [2.45, 2.75) is 25.0 Å². The number of rotatable bonds is 4. The van der Waals surface area contributed by atoms with E-state index >= 15 is 0 Å². The molecule has 5 heteroatoms. The summed E-state index contributed by atoms with van der Waals surface area (Å²) in [6.45, 7) is 0.00814. The molecule has 3 N–H and O–H groups in total.